The maximum Gasteiger partial charge on any atom is 0.222 e. The molecule has 1 saturated heterocycles. The first-order chi connectivity index (χ1) is 11.8. The molecular formula is C22H39NO. The van der Waals surface area contributed by atoms with Crippen LogP contribution < -0.4 is 0 Å². The summed E-state index contributed by atoms with van der Waals surface area (Å²) in [4.78, 5) is 13.9. The number of amides is 1. The largest absolute Gasteiger partial charge is 0.343 e. The molecule has 1 rings (SSSR count). The molecular weight excluding hydrogens is 294 g/mol. The van der Waals surface area contributed by atoms with Crippen LogP contribution in [0, 0.1) is 0 Å². The average molecular weight is 334 g/mol. The highest BCUT2D eigenvalue weighted by atomic mass is 16.2. The summed E-state index contributed by atoms with van der Waals surface area (Å²) in [7, 11) is 0. The van der Waals surface area contributed by atoms with E-state index in [4.69, 9.17) is 0 Å². The van der Waals surface area contributed by atoms with Gasteiger partial charge in [0.25, 0.3) is 0 Å². The van der Waals surface area contributed by atoms with E-state index in [2.05, 4.69) is 31.2 Å². The Balaban J connectivity index is 1.81. The number of carbonyl (C=O) groups excluding carboxylic acids is 1. The van der Waals surface area contributed by atoms with Crippen molar-refractivity contribution in [2.24, 2.45) is 0 Å². The highest BCUT2D eigenvalue weighted by Gasteiger charge is 2.16. The molecule has 0 aromatic rings. The maximum atomic E-state index is 11.9. The number of unbranched alkanes of at least 4 members (excludes halogenated alkanes) is 8. The highest BCUT2D eigenvalue weighted by Crippen LogP contribution is 2.12. The molecule has 24 heavy (non-hydrogen) atoms. The number of likely N-dealkylation sites (tertiary alicyclic amines) is 1. The van der Waals surface area contributed by atoms with Gasteiger partial charge in [0.15, 0.2) is 0 Å². The fraction of sp³-hybridized carbons (Fsp3) is 0.773. The van der Waals surface area contributed by atoms with Crippen LogP contribution in [0.5, 0.6) is 0 Å². The van der Waals surface area contributed by atoms with Gasteiger partial charge in [0.2, 0.25) is 5.91 Å². The highest BCUT2D eigenvalue weighted by molar-refractivity contribution is 5.76. The summed E-state index contributed by atoms with van der Waals surface area (Å²) in [5.74, 6) is 0.387. The first-order valence-corrected chi connectivity index (χ1v) is 10.4. The zero-order chi connectivity index (χ0) is 17.3. The molecule has 0 aliphatic carbocycles. The summed E-state index contributed by atoms with van der Waals surface area (Å²) in [6.07, 6.45) is 26.1. The molecule has 0 N–H and O–H groups in total. The molecule has 1 heterocycles. The van der Waals surface area contributed by atoms with E-state index in [1.165, 1.54) is 70.6 Å². The topological polar surface area (TPSA) is 20.3 Å². The molecule has 1 amide bonds. The number of allylic oxidation sites excluding steroid dienone is 4. The van der Waals surface area contributed by atoms with Crippen molar-refractivity contribution in [2.75, 3.05) is 13.1 Å². The van der Waals surface area contributed by atoms with Crippen molar-refractivity contribution in [1.82, 2.24) is 4.90 Å². The monoisotopic (exact) mass is 333 g/mol. The van der Waals surface area contributed by atoms with Gasteiger partial charge < -0.3 is 4.90 Å². The predicted octanol–water partition coefficient (Wildman–Crippen LogP) is 6.42. The lowest BCUT2D eigenvalue weighted by Crippen LogP contribution is -2.27. The Bertz CT molecular complexity index is 353. The van der Waals surface area contributed by atoms with E-state index >= 15 is 0 Å². The number of hydrogen-bond acceptors (Lipinski definition) is 1. The Morgan fingerprint density at radius 2 is 1.38 bits per heavy atom. The Morgan fingerprint density at radius 3 is 2.04 bits per heavy atom. The Kier molecular flexibility index (Phi) is 13.5. The van der Waals surface area contributed by atoms with Crippen LogP contribution in [0.4, 0.5) is 0 Å². The minimum absolute atomic E-state index is 0.387. The van der Waals surface area contributed by atoms with Crippen LogP contribution in [0.1, 0.15) is 96.8 Å². The summed E-state index contributed by atoms with van der Waals surface area (Å²) in [5, 5.41) is 0. The third-order valence-electron chi connectivity index (χ3n) is 4.80. The van der Waals surface area contributed by atoms with Crippen LogP contribution in [-0.2, 0) is 4.79 Å². The molecule has 0 bridgehead atoms. The van der Waals surface area contributed by atoms with E-state index in [-0.39, 0.29) is 0 Å². The molecule has 0 aromatic heterocycles. The summed E-state index contributed by atoms with van der Waals surface area (Å²) in [6, 6.07) is 0. The molecule has 1 fully saturated rings. The Labute approximate surface area is 150 Å². The normalized spacial score (nSPS) is 15.1. The average Bonchev–Trinajstić information content (AvgIpc) is 3.13. The first-order valence-electron chi connectivity index (χ1n) is 10.4. The van der Waals surface area contributed by atoms with Gasteiger partial charge in [-0.2, -0.15) is 0 Å². The molecule has 1 aliphatic rings. The van der Waals surface area contributed by atoms with E-state index in [0.717, 1.165) is 32.4 Å². The van der Waals surface area contributed by atoms with E-state index in [0.29, 0.717) is 5.91 Å². The number of hydrogen-bond donors (Lipinski definition) is 0. The molecule has 0 spiro atoms. The molecule has 2 heteroatoms. The summed E-state index contributed by atoms with van der Waals surface area (Å²) in [6.45, 7) is 4.25. The first kappa shape index (κ1) is 21.0. The minimum atomic E-state index is 0.387. The zero-order valence-electron chi connectivity index (χ0n) is 16.0. The van der Waals surface area contributed by atoms with E-state index in [9.17, 15) is 4.79 Å². The van der Waals surface area contributed by atoms with Crippen molar-refractivity contribution in [2.45, 2.75) is 96.8 Å². The van der Waals surface area contributed by atoms with Gasteiger partial charge in [-0.15, -0.1) is 0 Å². The van der Waals surface area contributed by atoms with Gasteiger partial charge >= 0.3 is 0 Å². The maximum absolute atomic E-state index is 11.9. The van der Waals surface area contributed by atoms with E-state index in [1.54, 1.807) is 0 Å². The lowest BCUT2D eigenvalue weighted by molar-refractivity contribution is -0.130. The lowest BCUT2D eigenvalue weighted by Gasteiger charge is -2.14. The number of nitrogens with zero attached hydrogens (tertiary/aromatic N) is 1. The zero-order valence-corrected chi connectivity index (χ0v) is 16.0. The Morgan fingerprint density at radius 1 is 0.792 bits per heavy atom. The molecule has 0 aromatic carbocycles. The van der Waals surface area contributed by atoms with Gasteiger partial charge in [0, 0.05) is 19.5 Å². The van der Waals surface area contributed by atoms with Gasteiger partial charge in [0.1, 0.15) is 0 Å². The molecule has 0 radical (unpaired) electrons. The van der Waals surface area contributed by atoms with Crippen LogP contribution in [0.25, 0.3) is 0 Å². The van der Waals surface area contributed by atoms with Gasteiger partial charge in [-0.3, -0.25) is 4.79 Å². The van der Waals surface area contributed by atoms with Crippen LogP contribution in [-0.4, -0.2) is 23.9 Å². The van der Waals surface area contributed by atoms with Crippen molar-refractivity contribution in [3.05, 3.63) is 24.3 Å². The van der Waals surface area contributed by atoms with Crippen LogP contribution in [0.3, 0.4) is 0 Å². The van der Waals surface area contributed by atoms with E-state index < -0.39 is 0 Å². The molecule has 0 atom stereocenters. The Hall–Kier alpha value is -1.05. The summed E-state index contributed by atoms with van der Waals surface area (Å²) < 4.78 is 0. The lowest BCUT2D eigenvalue weighted by atomic mass is 10.1. The number of carbonyl (C=O) groups is 1. The van der Waals surface area contributed by atoms with Gasteiger partial charge in [-0.05, 0) is 51.4 Å². The van der Waals surface area contributed by atoms with E-state index in [1.807, 2.05) is 4.90 Å². The van der Waals surface area contributed by atoms with Crippen LogP contribution in [0.15, 0.2) is 24.3 Å². The number of rotatable bonds is 14. The van der Waals surface area contributed by atoms with Gasteiger partial charge in [-0.1, -0.05) is 63.3 Å². The van der Waals surface area contributed by atoms with Crippen LogP contribution >= 0.6 is 0 Å². The van der Waals surface area contributed by atoms with Crippen molar-refractivity contribution in [3.63, 3.8) is 0 Å². The fourth-order valence-corrected chi connectivity index (χ4v) is 3.21. The SMILES string of the molecule is CCCCCC=CCC=CCCCCCCCC(=O)N1CCCC1. The fourth-order valence-electron chi connectivity index (χ4n) is 3.21. The van der Waals surface area contributed by atoms with Crippen molar-refractivity contribution >= 4 is 5.91 Å². The second-order valence-corrected chi connectivity index (χ2v) is 7.07. The predicted molar refractivity (Wildman–Crippen MR) is 105 cm³/mol. The molecule has 2 nitrogen and oxygen atoms in total. The molecule has 0 unspecified atom stereocenters. The summed E-state index contributed by atoms with van der Waals surface area (Å²) >= 11 is 0. The second kappa shape index (κ2) is 15.5. The minimum Gasteiger partial charge on any atom is -0.343 e. The molecule has 1 aliphatic heterocycles. The van der Waals surface area contributed by atoms with Gasteiger partial charge in [0.05, 0.1) is 0 Å². The smallest absolute Gasteiger partial charge is 0.222 e. The summed E-state index contributed by atoms with van der Waals surface area (Å²) in [5.41, 5.74) is 0. The third kappa shape index (κ3) is 11.5. The van der Waals surface area contributed by atoms with Crippen LogP contribution in [0.2, 0.25) is 0 Å². The van der Waals surface area contributed by atoms with Crippen molar-refractivity contribution < 1.29 is 4.79 Å². The standard InChI is InChI=1S/C22H39NO/c1-2-3-4-5-6-7-8-9-10-11-12-13-14-15-16-19-22(24)23-20-17-18-21-23/h6-7,9-10H,2-5,8,11-21H2,1H3. The van der Waals surface area contributed by atoms with Gasteiger partial charge in [-0.25, -0.2) is 0 Å². The second-order valence-electron chi connectivity index (χ2n) is 7.07. The van der Waals surface area contributed by atoms with Crippen molar-refractivity contribution in [1.29, 1.82) is 0 Å². The third-order valence-corrected chi connectivity index (χ3v) is 4.80. The molecule has 138 valence electrons. The van der Waals surface area contributed by atoms with Crippen molar-refractivity contribution in [3.8, 4) is 0 Å². The molecule has 0 saturated carbocycles. The quantitative estimate of drug-likeness (QED) is 0.265.